The Morgan fingerprint density at radius 2 is 2.16 bits per heavy atom. The number of ketones is 1. The molecule has 1 aromatic rings. The van der Waals surface area contributed by atoms with Gasteiger partial charge in [0.15, 0.2) is 5.78 Å². The third-order valence-electron chi connectivity index (χ3n) is 4.63. The summed E-state index contributed by atoms with van der Waals surface area (Å²) in [6.07, 6.45) is 0.710. The van der Waals surface area contributed by atoms with Gasteiger partial charge in [0, 0.05) is 28.4 Å². The van der Waals surface area contributed by atoms with Crippen molar-refractivity contribution in [2.45, 2.75) is 27.2 Å². The van der Waals surface area contributed by atoms with Gasteiger partial charge in [-0.15, -0.1) is 0 Å². The van der Waals surface area contributed by atoms with Gasteiger partial charge >= 0.3 is 0 Å². The molecule has 0 amide bonds. The summed E-state index contributed by atoms with van der Waals surface area (Å²) in [5, 5.41) is 4.02. The Balaban J connectivity index is 1.88. The average Bonchev–Trinajstić information content (AvgIpc) is 2.70. The van der Waals surface area contributed by atoms with E-state index in [0.717, 1.165) is 17.0 Å². The molecule has 2 aliphatic rings. The van der Waals surface area contributed by atoms with Crippen LogP contribution >= 0.6 is 11.6 Å². The summed E-state index contributed by atoms with van der Waals surface area (Å²) >= 11 is 5.98. The minimum Gasteiger partial charge on any atom is -0.359 e. The molecule has 0 bridgehead atoms. The Bertz CT molecular complexity index is 588. The van der Waals surface area contributed by atoms with Crippen molar-refractivity contribution in [3.05, 3.63) is 40.6 Å². The van der Waals surface area contributed by atoms with E-state index < -0.39 is 0 Å². The summed E-state index contributed by atoms with van der Waals surface area (Å²) < 4.78 is 0. The molecule has 2 fully saturated rings. The maximum atomic E-state index is 12.1. The van der Waals surface area contributed by atoms with Crippen LogP contribution in [-0.2, 0) is 4.79 Å². The van der Waals surface area contributed by atoms with Crippen molar-refractivity contribution in [3.63, 3.8) is 0 Å². The molecular weight excluding hydrogens is 258 g/mol. The maximum absolute atomic E-state index is 12.1. The lowest BCUT2D eigenvalue weighted by atomic mass is 9.95. The molecule has 0 aromatic heterocycles. The first-order valence-corrected chi connectivity index (χ1v) is 7.05. The molecule has 2 nitrogen and oxygen atoms in total. The van der Waals surface area contributed by atoms with Crippen LogP contribution in [0.5, 0.6) is 0 Å². The Kier molecular flexibility index (Phi) is 2.75. The predicted molar refractivity (Wildman–Crippen MR) is 78.2 cm³/mol. The Morgan fingerprint density at radius 3 is 2.79 bits per heavy atom. The van der Waals surface area contributed by atoms with Gasteiger partial charge in [-0.1, -0.05) is 31.5 Å². The predicted octanol–water partition coefficient (Wildman–Crippen LogP) is 4.27. The molecule has 2 unspecified atom stereocenters. The fourth-order valence-electron chi connectivity index (χ4n) is 3.47. The first kappa shape index (κ1) is 12.7. The van der Waals surface area contributed by atoms with E-state index >= 15 is 0 Å². The minimum absolute atomic E-state index is 0.292. The van der Waals surface area contributed by atoms with Gasteiger partial charge in [0.2, 0.25) is 0 Å². The van der Waals surface area contributed by atoms with Crippen molar-refractivity contribution >= 4 is 23.1 Å². The van der Waals surface area contributed by atoms with Gasteiger partial charge in [0.1, 0.15) is 0 Å². The number of nitrogens with one attached hydrogen (secondary N) is 1. The number of rotatable bonds is 2. The molecule has 2 atom stereocenters. The maximum Gasteiger partial charge on any atom is 0.161 e. The van der Waals surface area contributed by atoms with Crippen LogP contribution in [0.3, 0.4) is 0 Å². The molecule has 1 N–H and O–H groups in total. The molecule has 0 spiro atoms. The summed E-state index contributed by atoms with van der Waals surface area (Å²) in [7, 11) is 0. The van der Waals surface area contributed by atoms with Crippen LogP contribution in [0, 0.1) is 17.3 Å². The molecular formula is C16H18ClNO. The van der Waals surface area contributed by atoms with Crippen molar-refractivity contribution in [3.8, 4) is 0 Å². The molecule has 19 heavy (non-hydrogen) atoms. The first-order chi connectivity index (χ1) is 8.91. The van der Waals surface area contributed by atoms with Crippen LogP contribution < -0.4 is 5.32 Å². The van der Waals surface area contributed by atoms with Crippen LogP contribution in [-0.4, -0.2) is 5.78 Å². The molecule has 100 valence electrons. The summed E-state index contributed by atoms with van der Waals surface area (Å²) in [6.45, 7) is 6.49. The number of Topliss-reactive ketones (excluding diaryl/α,β-unsaturated/α-hetero) is 1. The Morgan fingerprint density at radius 1 is 1.42 bits per heavy atom. The van der Waals surface area contributed by atoms with E-state index in [1.165, 1.54) is 0 Å². The van der Waals surface area contributed by atoms with Gasteiger partial charge in [0.05, 0.1) is 0 Å². The van der Waals surface area contributed by atoms with Gasteiger partial charge in [-0.05, 0) is 42.4 Å². The van der Waals surface area contributed by atoms with Crippen LogP contribution in [0.25, 0.3) is 0 Å². The third-order valence-corrected chi connectivity index (χ3v) is 4.86. The number of allylic oxidation sites excluding steroid dienone is 2. The monoisotopic (exact) mass is 275 g/mol. The lowest BCUT2D eigenvalue weighted by Gasteiger charge is -2.14. The van der Waals surface area contributed by atoms with Crippen molar-refractivity contribution in [2.24, 2.45) is 17.3 Å². The quantitative estimate of drug-likeness (QED) is 0.817. The number of halogens is 1. The highest BCUT2D eigenvalue weighted by Gasteiger charge is 2.65. The number of hydrogen-bond donors (Lipinski definition) is 1. The van der Waals surface area contributed by atoms with Gasteiger partial charge in [-0.2, -0.15) is 0 Å². The van der Waals surface area contributed by atoms with Crippen molar-refractivity contribution in [1.29, 1.82) is 0 Å². The fourth-order valence-corrected chi connectivity index (χ4v) is 3.66. The molecule has 2 aliphatic carbocycles. The number of carbonyl (C=O) groups is 1. The van der Waals surface area contributed by atoms with E-state index in [1.807, 2.05) is 31.2 Å². The highest BCUT2D eigenvalue weighted by atomic mass is 35.5. The second-order valence-corrected chi connectivity index (χ2v) is 6.64. The van der Waals surface area contributed by atoms with Crippen LogP contribution in [0.4, 0.5) is 5.69 Å². The van der Waals surface area contributed by atoms with Gasteiger partial charge in [-0.25, -0.2) is 0 Å². The highest BCUT2D eigenvalue weighted by Crippen LogP contribution is 2.68. The topological polar surface area (TPSA) is 29.1 Å². The molecule has 0 aliphatic heterocycles. The second kappa shape index (κ2) is 4.11. The summed E-state index contributed by atoms with van der Waals surface area (Å²) in [5.74, 6) is 1.29. The number of hydrogen-bond acceptors (Lipinski definition) is 2. The Hall–Kier alpha value is -1.28. The highest BCUT2D eigenvalue weighted by molar-refractivity contribution is 6.30. The number of benzene rings is 1. The molecule has 0 saturated heterocycles. The van der Waals surface area contributed by atoms with Crippen molar-refractivity contribution in [2.75, 3.05) is 5.32 Å². The van der Waals surface area contributed by atoms with Gasteiger partial charge < -0.3 is 5.32 Å². The van der Waals surface area contributed by atoms with Crippen LogP contribution in [0.15, 0.2) is 35.5 Å². The lowest BCUT2D eigenvalue weighted by Crippen LogP contribution is -2.12. The van der Waals surface area contributed by atoms with E-state index in [-0.39, 0.29) is 0 Å². The zero-order valence-corrected chi connectivity index (χ0v) is 12.2. The van der Waals surface area contributed by atoms with Gasteiger partial charge in [0.25, 0.3) is 0 Å². The van der Waals surface area contributed by atoms with E-state index in [4.69, 9.17) is 11.6 Å². The summed E-state index contributed by atoms with van der Waals surface area (Å²) in [6, 6.07) is 7.59. The third kappa shape index (κ3) is 1.99. The molecule has 0 heterocycles. The smallest absolute Gasteiger partial charge is 0.161 e. The van der Waals surface area contributed by atoms with E-state index in [1.54, 1.807) is 0 Å². The molecule has 3 heteroatoms. The molecule has 1 aromatic carbocycles. The number of fused-ring (bicyclic) bond motifs is 1. The zero-order chi connectivity index (χ0) is 13.8. The summed E-state index contributed by atoms with van der Waals surface area (Å²) in [5.41, 5.74) is 3.20. The van der Waals surface area contributed by atoms with E-state index in [2.05, 4.69) is 19.2 Å². The van der Waals surface area contributed by atoms with Crippen LogP contribution in [0.1, 0.15) is 27.2 Å². The molecule has 0 radical (unpaired) electrons. The van der Waals surface area contributed by atoms with E-state index in [0.29, 0.717) is 34.5 Å². The standard InChI is InChI=1S/C16H18ClNO/c1-9(18-11-6-4-5-10(17)7-11)14-13(19)8-12-15(14)16(12,2)3/h4-7,12,15,18H,8H2,1-3H3. The Labute approximate surface area is 118 Å². The molecule has 2 saturated carbocycles. The van der Waals surface area contributed by atoms with Crippen LogP contribution in [0.2, 0.25) is 5.02 Å². The first-order valence-electron chi connectivity index (χ1n) is 6.68. The number of carbonyl (C=O) groups excluding carboxylic acids is 1. The average molecular weight is 276 g/mol. The SMILES string of the molecule is CC(Nc1cccc(Cl)c1)=C1C(=O)CC2C1C2(C)C. The summed E-state index contributed by atoms with van der Waals surface area (Å²) in [4.78, 5) is 12.1. The largest absolute Gasteiger partial charge is 0.359 e. The zero-order valence-electron chi connectivity index (χ0n) is 11.5. The normalized spacial score (nSPS) is 30.0. The minimum atomic E-state index is 0.292. The number of anilines is 1. The van der Waals surface area contributed by atoms with Gasteiger partial charge in [-0.3, -0.25) is 4.79 Å². The lowest BCUT2D eigenvalue weighted by molar-refractivity contribution is -0.115. The molecule has 3 rings (SSSR count). The van der Waals surface area contributed by atoms with E-state index in [9.17, 15) is 4.79 Å². The fraction of sp³-hybridized carbons (Fsp3) is 0.438. The second-order valence-electron chi connectivity index (χ2n) is 6.21. The van der Waals surface area contributed by atoms with Crippen molar-refractivity contribution in [1.82, 2.24) is 0 Å². The van der Waals surface area contributed by atoms with Crippen molar-refractivity contribution < 1.29 is 4.79 Å².